The third-order valence-electron chi connectivity index (χ3n) is 3.58. The topological polar surface area (TPSA) is 46.4 Å². The Labute approximate surface area is 111 Å². The summed E-state index contributed by atoms with van der Waals surface area (Å²) in [5.74, 6) is 0. The van der Waals surface area contributed by atoms with Crippen LogP contribution in [-0.2, 0) is 6.42 Å². The smallest absolute Gasteiger partial charge is 0.269 e. The fourth-order valence-corrected chi connectivity index (χ4v) is 2.58. The van der Waals surface area contributed by atoms with Gasteiger partial charge in [-0.2, -0.15) is 0 Å². The number of non-ortho nitro benzene ring substituents is 1. The van der Waals surface area contributed by atoms with E-state index in [9.17, 15) is 10.1 Å². The van der Waals surface area contributed by atoms with Gasteiger partial charge >= 0.3 is 0 Å². The van der Waals surface area contributed by atoms with Crippen LogP contribution < -0.4 is 4.90 Å². The van der Waals surface area contributed by atoms with Gasteiger partial charge in [0.05, 0.1) is 4.92 Å². The maximum absolute atomic E-state index is 10.8. The normalized spacial score (nSPS) is 11.9. The minimum Gasteiger partial charge on any atom is -0.378 e. The second-order valence-corrected chi connectivity index (χ2v) is 5.01. The van der Waals surface area contributed by atoms with Gasteiger partial charge in [-0.25, -0.2) is 0 Å². The van der Waals surface area contributed by atoms with Crippen LogP contribution in [0.3, 0.4) is 0 Å². The Bertz CT molecular complexity index is 678. The number of nitrogens with zero attached hydrogens (tertiary/aromatic N) is 2. The first-order valence-corrected chi connectivity index (χ1v) is 6.14. The number of nitro groups is 1. The predicted molar refractivity (Wildman–Crippen MR) is 75.7 cm³/mol. The Balaban J connectivity index is 2.08. The van der Waals surface area contributed by atoms with E-state index < -0.39 is 0 Å². The van der Waals surface area contributed by atoms with Crippen LogP contribution in [0.4, 0.5) is 11.4 Å². The lowest BCUT2D eigenvalue weighted by Gasteiger charge is -2.13. The van der Waals surface area contributed by atoms with Crippen molar-refractivity contribution in [1.82, 2.24) is 0 Å². The molecule has 0 spiro atoms. The molecular formula is C15H14N2O2. The molecule has 4 nitrogen and oxygen atoms in total. The number of nitro benzene ring substituents is 1. The third kappa shape index (κ3) is 1.85. The maximum atomic E-state index is 10.8. The number of hydrogen-bond acceptors (Lipinski definition) is 3. The summed E-state index contributed by atoms with van der Waals surface area (Å²) in [5, 5.41) is 10.8. The zero-order chi connectivity index (χ0) is 13.6. The van der Waals surface area contributed by atoms with Crippen molar-refractivity contribution in [2.45, 2.75) is 6.42 Å². The van der Waals surface area contributed by atoms with Crippen molar-refractivity contribution in [1.29, 1.82) is 0 Å². The van der Waals surface area contributed by atoms with E-state index in [1.54, 1.807) is 12.1 Å². The van der Waals surface area contributed by atoms with Crippen LogP contribution in [0.5, 0.6) is 0 Å². The van der Waals surface area contributed by atoms with Crippen molar-refractivity contribution in [3.63, 3.8) is 0 Å². The molecule has 0 saturated carbocycles. The van der Waals surface area contributed by atoms with E-state index in [0.717, 1.165) is 23.2 Å². The van der Waals surface area contributed by atoms with Gasteiger partial charge in [0, 0.05) is 31.9 Å². The predicted octanol–water partition coefficient (Wildman–Crippen LogP) is 3.23. The Morgan fingerprint density at radius 3 is 2.32 bits per heavy atom. The highest BCUT2D eigenvalue weighted by Gasteiger charge is 2.21. The van der Waals surface area contributed by atoms with Crippen LogP contribution in [0.1, 0.15) is 11.1 Å². The van der Waals surface area contributed by atoms with Crippen molar-refractivity contribution in [2.75, 3.05) is 19.0 Å². The highest BCUT2D eigenvalue weighted by molar-refractivity contribution is 5.79. The molecule has 3 rings (SSSR count). The molecule has 0 aliphatic heterocycles. The van der Waals surface area contributed by atoms with Crippen molar-refractivity contribution in [3.8, 4) is 11.1 Å². The van der Waals surface area contributed by atoms with Gasteiger partial charge in [-0.1, -0.05) is 6.07 Å². The Morgan fingerprint density at radius 2 is 1.68 bits per heavy atom. The van der Waals surface area contributed by atoms with Crippen LogP contribution in [0.2, 0.25) is 0 Å². The van der Waals surface area contributed by atoms with Crippen molar-refractivity contribution >= 4 is 11.4 Å². The molecule has 2 aromatic carbocycles. The largest absolute Gasteiger partial charge is 0.378 e. The molecule has 2 aromatic rings. The Hall–Kier alpha value is -2.36. The van der Waals surface area contributed by atoms with Gasteiger partial charge in [-0.15, -0.1) is 0 Å². The second kappa shape index (κ2) is 4.09. The first kappa shape index (κ1) is 11.7. The van der Waals surface area contributed by atoms with Gasteiger partial charge in [0.1, 0.15) is 0 Å². The monoisotopic (exact) mass is 254 g/mol. The van der Waals surface area contributed by atoms with Gasteiger partial charge in [0.15, 0.2) is 0 Å². The molecule has 4 heteroatoms. The summed E-state index contributed by atoms with van der Waals surface area (Å²) >= 11 is 0. The SMILES string of the molecule is CN(C)c1ccc2c(c1)Cc1cc([N+](=O)[O-])ccc1-2. The lowest BCUT2D eigenvalue weighted by molar-refractivity contribution is -0.384. The quantitative estimate of drug-likeness (QED) is 0.521. The van der Waals surface area contributed by atoms with Crippen LogP contribution in [0.25, 0.3) is 11.1 Å². The van der Waals surface area contributed by atoms with Crippen LogP contribution in [0, 0.1) is 10.1 Å². The summed E-state index contributed by atoms with van der Waals surface area (Å²) in [6, 6.07) is 11.5. The molecule has 0 aromatic heterocycles. The number of benzene rings is 2. The van der Waals surface area contributed by atoms with E-state index in [4.69, 9.17) is 0 Å². The molecule has 0 N–H and O–H groups in total. The molecule has 0 fully saturated rings. The van der Waals surface area contributed by atoms with Gasteiger partial charge in [-0.3, -0.25) is 10.1 Å². The molecule has 0 radical (unpaired) electrons. The molecule has 0 unspecified atom stereocenters. The van der Waals surface area contributed by atoms with Crippen molar-refractivity contribution < 1.29 is 4.92 Å². The summed E-state index contributed by atoms with van der Waals surface area (Å²) in [6.07, 6.45) is 0.772. The van der Waals surface area contributed by atoms with Gasteiger partial charge in [0.25, 0.3) is 5.69 Å². The minimum atomic E-state index is -0.339. The van der Waals surface area contributed by atoms with E-state index in [0.29, 0.717) is 0 Å². The molecule has 0 bridgehead atoms. The molecule has 0 atom stereocenters. The number of hydrogen-bond donors (Lipinski definition) is 0. The van der Waals surface area contributed by atoms with Crippen molar-refractivity contribution in [2.24, 2.45) is 0 Å². The molecular weight excluding hydrogens is 240 g/mol. The van der Waals surface area contributed by atoms with Crippen LogP contribution in [0.15, 0.2) is 36.4 Å². The van der Waals surface area contributed by atoms with Crippen LogP contribution in [-0.4, -0.2) is 19.0 Å². The van der Waals surface area contributed by atoms with Crippen molar-refractivity contribution in [3.05, 3.63) is 57.6 Å². The number of anilines is 1. The summed E-state index contributed by atoms with van der Waals surface area (Å²) in [6.45, 7) is 0. The molecule has 1 aliphatic rings. The summed E-state index contributed by atoms with van der Waals surface area (Å²) in [4.78, 5) is 12.5. The summed E-state index contributed by atoms with van der Waals surface area (Å²) in [7, 11) is 4.02. The fraction of sp³-hybridized carbons (Fsp3) is 0.200. The molecule has 19 heavy (non-hydrogen) atoms. The molecule has 0 amide bonds. The molecule has 1 aliphatic carbocycles. The minimum absolute atomic E-state index is 0.166. The molecule has 0 heterocycles. The fourth-order valence-electron chi connectivity index (χ4n) is 2.58. The molecule has 0 saturated heterocycles. The van der Waals surface area contributed by atoms with Gasteiger partial charge in [-0.05, 0) is 46.9 Å². The van der Waals surface area contributed by atoms with E-state index in [1.165, 1.54) is 11.1 Å². The van der Waals surface area contributed by atoms with Gasteiger partial charge in [0.2, 0.25) is 0 Å². The van der Waals surface area contributed by atoms with E-state index >= 15 is 0 Å². The lowest BCUT2D eigenvalue weighted by Crippen LogP contribution is -2.08. The average molecular weight is 254 g/mol. The zero-order valence-corrected chi connectivity index (χ0v) is 10.9. The lowest BCUT2D eigenvalue weighted by atomic mass is 10.1. The summed E-state index contributed by atoms with van der Waals surface area (Å²) in [5.41, 5.74) is 5.91. The first-order valence-electron chi connectivity index (χ1n) is 6.14. The van der Waals surface area contributed by atoms with E-state index in [-0.39, 0.29) is 10.6 Å². The Morgan fingerprint density at radius 1 is 1.05 bits per heavy atom. The summed E-state index contributed by atoms with van der Waals surface area (Å²) < 4.78 is 0. The van der Waals surface area contributed by atoms with E-state index in [1.807, 2.05) is 20.2 Å². The second-order valence-electron chi connectivity index (χ2n) is 5.01. The standard InChI is InChI=1S/C15H14N2O2/c1-16(2)12-3-5-14-10(8-12)7-11-9-13(17(18)19)4-6-15(11)14/h3-6,8-9H,7H2,1-2H3. The third-order valence-corrected chi connectivity index (χ3v) is 3.58. The molecule has 96 valence electrons. The Kier molecular flexibility index (Phi) is 2.52. The number of rotatable bonds is 2. The maximum Gasteiger partial charge on any atom is 0.269 e. The van der Waals surface area contributed by atoms with Gasteiger partial charge < -0.3 is 4.90 Å². The van der Waals surface area contributed by atoms with E-state index in [2.05, 4.69) is 23.1 Å². The highest BCUT2D eigenvalue weighted by atomic mass is 16.6. The first-order chi connectivity index (χ1) is 9.06. The average Bonchev–Trinajstić information content (AvgIpc) is 2.74. The van der Waals surface area contributed by atoms with Crippen LogP contribution >= 0.6 is 0 Å². The zero-order valence-electron chi connectivity index (χ0n) is 10.9. The highest BCUT2D eigenvalue weighted by Crippen LogP contribution is 2.39. The number of fused-ring (bicyclic) bond motifs is 3.